The zero-order chi connectivity index (χ0) is 21.5. The normalized spacial score (nSPS) is 27.9. The van der Waals surface area contributed by atoms with Crippen LogP contribution in [0.1, 0.15) is 44.9 Å². The molecule has 2 aromatic heterocycles. The van der Waals surface area contributed by atoms with Crippen LogP contribution in [-0.4, -0.2) is 20.7 Å². The first-order valence-corrected chi connectivity index (χ1v) is 11.7. The number of nitrogens with zero attached hydrogens (tertiary/aromatic N) is 3. The molecule has 4 aliphatic carbocycles. The van der Waals surface area contributed by atoms with Crippen molar-refractivity contribution in [3.8, 4) is 17.4 Å². The standard InChI is InChI=1S/C26H28N4O2/c31-24(17-26-14-18-11-19(15-26)13-20(12-18)16-26)27-21-3-5-22(6-4-21)32-25-8-7-23(28-29-25)30-9-1-2-10-30/h1-10,18-20H,11-17H2,(H,27,31). The van der Waals surface area contributed by atoms with E-state index >= 15 is 0 Å². The highest BCUT2D eigenvalue weighted by Gasteiger charge is 2.51. The quantitative estimate of drug-likeness (QED) is 0.554. The van der Waals surface area contributed by atoms with E-state index in [2.05, 4.69) is 15.5 Å². The van der Waals surface area contributed by atoms with Gasteiger partial charge in [-0.2, -0.15) is 0 Å². The third kappa shape index (κ3) is 3.90. The Kier molecular flexibility index (Phi) is 4.74. The lowest BCUT2D eigenvalue weighted by Gasteiger charge is -2.56. The molecule has 0 unspecified atom stereocenters. The molecule has 4 saturated carbocycles. The molecule has 6 heteroatoms. The van der Waals surface area contributed by atoms with E-state index in [4.69, 9.17) is 4.74 Å². The molecular weight excluding hydrogens is 400 g/mol. The van der Waals surface area contributed by atoms with E-state index in [0.717, 1.165) is 29.3 Å². The van der Waals surface area contributed by atoms with Crippen LogP contribution in [0.5, 0.6) is 11.6 Å². The lowest BCUT2D eigenvalue weighted by molar-refractivity contribution is -0.124. The Morgan fingerprint density at radius 3 is 2.19 bits per heavy atom. The van der Waals surface area contributed by atoms with Crippen LogP contribution in [0.25, 0.3) is 5.82 Å². The molecule has 0 aliphatic heterocycles. The first-order valence-electron chi connectivity index (χ1n) is 11.7. The van der Waals surface area contributed by atoms with Crippen molar-refractivity contribution < 1.29 is 9.53 Å². The van der Waals surface area contributed by atoms with Crippen molar-refractivity contribution in [3.05, 3.63) is 60.9 Å². The number of rotatable bonds is 6. The third-order valence-electron chi connectivity index (χ3n) is 7.56. The van der Waals surface area contributed by atoms with Crippen LogP contribution in [0.2, 0.25) is 0 Å². The van der Waals surface area contributed by atoms with Crippen LogP contribution in [0.15, 0.2) is 60.9 Å². The van der Waals surface area contributed by atoms with E-state index in [0.29, 0.717) is 18.1 Å². The fourth-order valence-corrected chi connectivity index (χ4v) is 6.77. The summed E-state index contributed by atoms with van der Waals surface area (Å²) in [4.78, 5) is 12.8. The number of carbonyl (C=O) groups excluding carboxylic acids is 1. The van der Waals surface area contributed by atoms with Crippen LogP contribution in [0, 0.1) is 23.2 Å². The highest BCUT2D eigenvalue weighted by atomic mass is 16.5. The minimum absolute atomic E-state index is 0.145. The molecule has 4 aliphatic rings. The topological polar surface area (TPSA) is 69.0 Å². The lowest BCUT2D eigenvalue weighted by Crippen LogP contribution is -2.47. The van der Waals surface area contributed by atoms with Crippen LogP contribution in [0.3, 0.4) is 0 Å². The Labute approximate surface area is 188 Å². The number of hydrogen-bond acceptors (Lipinski definition) is 4. The van der Waals surface area contributed by atoms with Gasteiger partial charge >= 0.3 is 0 Å². The summed E-state index contributed by atoms with van der Waals surface area (Å²) in [5.74, 6) is 4.57. The zero-order valence-electron chi connectivity index (χ0n) is 18.1. The number of ether oxygens (including phenoxy) is 1. The highest BCUT2D eigenvalue weighted by Crippen LogP contribution is 2.61. The summed E-state index contributed by atoms with van der Waals surface area (Å²) in [6, 6.07) is 15.0. The maximum Gasteiger partial charge on any atom is 0.238 e. The van der Waals surface area contributed by atoms with Gasteiger partial charge in [0, 0.05) is 30.6 Å². The summed E-state index contributed by atoms with van der Waals surface area (Å²) < 4.78 is 7.69. The van der Waals surface area contributed by atoms with E-state index in [9.17, 15) is 4.79 Å². The van der Waals surface area contributed by atoms with Gasteiger partial charge in [0.1, 0.15) is 5.75 Å². The number of hydrogen-bond donors (Lipinski definition) is 1. The van der Waals surface area contributed by atoms with Crippen molar-refractivity contribution in [2.24, 2.45) is 23.2 Å². The Morgan fingerprint density at radius 2 is 1.59 bits per heavy atom. The molecule has 6 nitrogen and oxygen atoms in total. The Balaban J connectivity index is 1.06. The van der Waals surface area contributed by atoms with Gasteiger partial charge < -0.3 is 14.6 Å². The van der Waals surface area contributed by atoms with E-state index in [-0.39, 0.29) is 11.3 Å². The Bertz CT molecular complexity index is 1050. The second-order valence-electron chi connectivity index (χ2n) is 10.1. The molecule has 4 fully saturated rings. The largest absolute Gasteiger partial charge is 0.438 e. The van der Waals surface area contributed by atoms with Crippen molar-refractivity contribution in [3.63, 3.8) is 0 Å². The lowest BCUT2D eigenvalue weighted by atomic mass is 9.49. The van der Waals surface area contributed by atoms with Crippen LogP contribution >= 0.6 is 0 Å². The summed E-state index contributed by atoms with van der Waals surface area (Å²) in [6.07, 6.45) is 12.5. The highest BCUT2D eigenvalue weighted by molar-refractivity contribution is 5.91. The molecule has 3 aromatic rings. The molecule has 0 radical (unpaired) electrons. The maximum absolute atomic E-state index is 12.8. The summed E-state index contributed by atoms with van der Waals surface area (Å²) in [7, 11) is 0. The van der Waals surface area contributed by atoms with Crippen molar-refractivity contribution >= 4 is 11.6 Å². The van der Waals surface area contributed by atoms with Gasteiger partial charge in [-0.1, -0.05) is 0 Å². The van der Waals surface area contributed by atoms with Gasteiger partial charge in [-0.15, -0.1) is 10.2 Å². The van der Waals surface area contributed by atoms with Gasteiger partial charge in [-0.25, -0.2) is 0 Å². The minimum Gasteiger partial charge on any atom is -0.438 e. The maximum atomic E-state index is 12.8. The molecule has 0 spiro atoms. The van der Waals surface area contributed by atoms with Crippen molar-refractivity contribution in [1.29, 1.82) is 0 Å². The summed E-state index contributed by atoms with van der Waals surface area (Å²) >= 11 is 0. The first-order chi connectivity index (χ1) is 15.6. The molecule has 32 heavy (non-hydrogen) atoms. The van der Waals surface area contributed by atoms with Gasteiger partial charge in [0.25, 0.3) is 0 Å². The summed E-state index contributed by atoms with van der Waals surface area (Å²) in [6.45, 7) is 0. The fraction of sp³-hybridized carbons (Fsp3) is 0.423. The summed E-state index contributed by atoms with van der Waals surface area (Å²) in [5, 5.41) is 11.4. The molecule has 1 aromatic carbocycles. The fourth-order valence-electron chi connectivity index (χ4n) is 6.77. The number of carbonyl (C=O) groups is 1. The second kappa shape index (κ2) is 7.76. The van der Waals surface area contributed by atoms with Crippen molar-refractivity contribution in [2.45, 2.75) is 44.9 Å². The molecule has 2 heterocycles. The number of anilines is 1. The van der Waals surface area contributed by atoms with E-state index < -0.39 is 0 Å². The SMILES string of the molecule is O=C(CC12CC3CC(CC(C3)C1)C2)Nc1ccc(Oc2ccc(-n3cccc3)nn2)cc1. The smallest absolute Gasteiger partial charge is 0.238 e. The van der Waals surface area contributed by atoms with E-state index in [1.807, 2.05) is 59.4 Å². The summed E-state index contributed by atoms with van der Waals surface area (Å²) in [5.41, 5.74) is 1.06. The van der Waals surface area contributed by atoms with Gasteiger partial charge in [0.2, 0.25) is 11.8 Å². The molecule has 4 bridgehead atoms. The van der Waals surface area contributed by atoms with Crippen LogP contribution in [0.4, 0.5) is 5.69 Å². The van der Waals surface area contributed by atoms with Crippen molar-refractivity contribution in [2.75, 3.05) is 5.32 Å². The molecular formula is C26H28N4O2. The molecule has 7 rings (SSSR count). The third-order valence-corrected chi connectivity index (χ3v) is 7.56. The minimum atomic E-state index is 0.145. The predicted octanol–water partition coefficient (Wildman–Crippen LogP) is 5.60. The van der Waals surface area contributed by atoms with Crippen LogP contribution in [-0.2, 0) is 4.79 Å². The monoisotopic (exact) mass is 428 g/mol. The Morgan fingerprint density at radius 1 is 0.938 bits per heavy atom. The number of aromatic nitrogens is 3. The van der Waals surface area contributed by atoms with Gasteiger partial charge in [-0.05, 0) is 104 Å². The first kappa shape index (κ1) is 19.5. The molecule has 164 valence electrons. The second-order valence-corrected chi connectivity index (χ2v) is 10.1. The molecule has 1 N–H and O–H groups in total. The number of nitrogens with one attached hydrogen (secondary N) is 1. The molecule has 1 amide bonds. The predicted molar refractivity (Wildman–Crippen MR) is 122 cm³/mol. The zero-order valence-corrected chi connectivity index (χ0v) is 18.1. The van der Waals surface area contributed by atoms with E-state index in [1.54, 1.807) is 6.07 Å². The van der Waals surface area contributed by atoms with Crippen LogP contribution < -0.4 is 10.1 Å². The average molecular weight is 429 g/mol. The molecule has 0 saturated heterocycles. The number of benzene rings is 1. The van der Waals surface area contributed by atoms with E-state index in [1.165, 1.54) is 38.5 Å². The Hall–Kier alpha value is -3.15. The molecule has 0 atom stereocenters. The number of amides is 1. The van der Waals surface area contributed by atoms with Crippen molar-refractivity contribution in [1.82, 2.24) is 14.8 Å². The average Bonchev–Trinajstić information content (AvgIpc) is 3.29. The van der Waals surface area contributed by atoms with Gasteiger partial charge in [0.05, 0.1) is 0 Å². The van der Waals surface area contributed by atoms with Gasteiger partial charge in [-0.3, -0.25) is 4.79 Å². The van der Waals surface area contributed by atoms with Gasteiger partial charge in [0.15, 0.2) is 5.82 Å².